The van der Waals surface area contributed by atoms with Crippen LogP contribution in [0.3, 0.4) is 0 Å². The van der Waals surface area contributed by atoms with Crippen LogP contribution in [0.1, 0.15) is 18.1 Å². The lowest BCUT2D eigenvalue weighted by Gasteiger charge is -2.32. The average molecular weight is 418 g/mol. The quantitative estimate of drug-likeness (QED) is 0.668. The van der Waals surface area contributed by atoms with E-state index in [0.29, 0.717) is 0 Å². The molecule has 1 heterocycles. The van der Waals surface area contributed by atoms with Gasteiger partial charge in [-0.2, -0.15) is 0 Å². The van der Waals surface area contributed by atoms with Crippen LogP contribution < -0.4 is 15.1 Å². The van der Waals surface area contributed by atoms with Crippen LogP contribution in [0.4, 0.5) is 5.69 Å². The third kappa shape index (κ3) is 4.93. The zero-order chi connectivity index (χ0) is 18.5. The molecule has 5 heteroatoms. The van der Waals surface area contributed by atoms with Crippen molar-refractivity contribution in [3.05, 3.63) is 64.1 Å². The number of nitrogens with one attached hydrogen (secondary N) is 3. The molecule has 1 aliphatic heterocycles. The van der Waals surface area contributed by atoms with Crippen LogP contribution in [0, 0.1) is 6.92 Å². The van der Waals surface area contributed by atoms with E-state index in [1.807, 2.05) is 32.0 Å². The van der Waals surface area contributed by atoms with Gasteiger partial charge in [0.05, 0.1) is 5.69 Å². The van der Waals surface area contributed by atoms with Gasteiger partial charge in [0, 0.05) is 10.0 Å². The van der Waals surface area contributed by atoms with Gasteiger partial charge in [-0.3, -0.25) is 4.79 Å². The maximum absolute atomic E-state index is 12.7. The second-order valence-corrected chi connectivity index (χ2v) is 8.12. The summed E-state index contributed by atoms with van der Waals surface area (Å²) in [6, 6.07) is 16.6. The Morgan fingerprint density at radius 2 is 1.81 bits per heavy atom. The fourth-order valence-electron chi connectivity index (χ4n) is 3.57. The van der Waals surface area contributed by atoms with Crippen molar-refractivity contribution in [1.29, 1.82) is 0 Å². The van der Waals surface area contributed by atoms with E-state index in [1.54, 1.807) is 4.90 Å². The highest BCUT2D eigenvalue weighted by Crippen LogP contribution is 2.23. The first-order valence-electron chi connectivity index (χ1n) is 9.32. The molecule has 1 atom stereocenters. The summed E-state index contributed by atoms with van der Waals surface area (Å²) in [6.45, 7) is 9.43. The monoisotopic (exact) mass is 417 g/mol. The Bertz CT molecular complexity index is 742. The molecule has 0 radical (unpaired) electrons. The fraction of sp³-hybridized carbons (Fsp3) is 0.381. The number of quaternary nitrogens is 2. The van der Waals surface area contributed by atoms with Gasteiger partial charge in [-0.05, 0) is 47.5 Å². The molecule has 4 nitrogen and oxygen atoms in total. The number of piperazine rings is 1. The number of halogens is 1. The Hall–Kier alpha value is -1.69. The smallest absolute Gasteiger partial charge is 0.282 e. The zero-order valence-corrected chi connectivity index (χ0v) is 17.1. The predicted molar refractivity (Wildman–Crippen MR) is 109 cm³/mol. The summed E-state index contributed by atoms with van der Waals surface area (Å²) in [5, 5.41) is 3.07. The van der Waals surface area contributed by atoms with Gasteiger partial charge in [-0.15, -0.1) is 0 Å². The number of hydrogen-bond acceptors (Lipinski definition) is 1. The Balaban J connectivity index is 1.51. The fourth-order valence-corrected chi connectivity index (χ4v) is 4.16. The lowest BCUT2D eigenvalue weighted by Crippen LogP contribution is -3.29. The van der Waals surface area contributed by atoms with Gasteiger partial charge in [0.2, 0.25) is 0 Å². The van der Waals surface area contributed by atoms with Gasteiger partial charge in [0.1, 0.15) is 32.7 Å². The van der Waals surface area contributed by atoms with Crippen LogP contribution in [0.25, 0.3) is 0 Å². The van der Waals surface area contributed by atoms with Gasteiger partial charge in [-0.1, -0.05) is 36.4 Å². The van der Waals surface area contributed by atoms with Crippen molar-refractivity contribution in [1.82, 2.24) is 0 Å². The van der Waals surface area contributed by atoms with Gasteiger partial charge >= 0.3 is 0 Å². The molecule has 0 saturated carbocycles. The number of carbonyl (C=O) groups is 1. The van der Waals surface area contributed by atoms with Crippen LogP contribution in [0.2, 0.25) is 0 Å². The molecule has 1 fully saturated rings. The summed E-state index contributed by atoms with van der Waals surface area (Å²) in [6.07, 6.45) is 0. The van der Waals surface area contributed by atoms with E-state index >= 15 is 0 Å². The SMILES string of the molecule is Cc1ccc(NC(=O)[C@@H](C)[NH+]2CC[NH+](Cc3ccccc3)CC2)c(Br)c1. The van der Waals surface area contributed by atoms with Crippen LogP contribution in [0.15, 0.2) is 53.0 Å². The molecule has 1 amide bonds. The van der Waals surface area contributed by atoms with Crippen molar-refractivity contribution >= 4 is 27.5 Å². The summed E-state index contributed by atoms with van der Waals surface area (Å²) in [4.78, 5) is 15.6. The third-order valence-corrected chi connectivity index (χ3v) is 5.94. The topological polar surface area (TPSA) is 38.0 Å². The van der Waals surface area contributed by atoms with Crippen molar-refractivity contribution in [2.24, 2.45) is 0 Å². The molecule has 0 unspecified atom stereocenters. The molecular weight excluding hydrogens is 390 g/mol. The Kier molecular flexibility index (Phi) is 6.46. The highest BCUT2D eigenvalue weighted by molar-refractivity contribution is 9.10. The molecule has 0 aromatic heterocycles. The number of hydrogen-bond donors (Lipinski definition) is 3. The first-order valence-corrected chi connectivity index (χ1v) is 10.1. The lowest BCUT2D eigenvalue weighted by atomic mass is 10.1. The molecule has 0 aliphatic carbocycles. The van der Waals surface area contributed by atoms with Gasteiger partial charge < -0.3 is 15.1 Å². The van der Waals surface area contributed by atoms with Gasteiger partial charge in [0.25, 0.3) is 5.91 Å². The van der Waals surface area contributed by atoms with Crippen molar-refractivity contribution < 1.29 is 14.6 Å². The van der Waals surface area contributed by atoms with Gasteiger partial charge in [-0.25, -0.2) is 0 Å². The standard InChI is InChI=1S/C21H26BrN3O/c1-16-8-9-20(19(22)14-16)23-21(26)17(2)25-12-10-24(11-13-25)15-18-6-4-3-5-7-18/h3-9,14,17H,10-13,15H2,1-2H3,(H,23,26)/p+2/t17-/m1/s1. The van der Waals surface area contributed by atoms with E-state index < -0.39 is 0 Å². The Morgan fingerprint density at radius 3 is 2.46 bits per heavy atom. The normalized spacial score (nSPS) is 21.2. The minimum Gasteiger partial charge on any atom is -0.322 e. The third-order valence-electron chi connectivity index (χ3n) is 5.28. The number of rotatable bonds is 5. The van der Waals surface area contributed by atoms with Crippen LogP contribution in [-0.2, 0) is 11.3 Å². The molecular formula is C21H28BrN3O+2. The van der Waals surface area contributed by atoms with Crippen molar-refractivity contribution in [2.45, 2.75) is 26.4 Å². The van der Waals surface area contributed by atoms with Gasteiger partial charge in [0.15, 0.2) is 6.04 Å². The summed E-state index contributed by atoms with van der Waals surface area (Å²) in [7, 11) is 0. The van der Waals surface area contributed by atoms with E-state index in [1.165, 1.54) is 16.0 Å². The number of carbonyl (C=O) groups excluding carboxylic acids is 1. The van der Waals surface area contributed by atoms with E-state index in [4.69, 9.17) is 0 Å². The molecule has 26 heavy (non-hydrogen) atoms. The summed E-state index contributed by atoms with van der Waals surface area (Å²) in [5.74, 6) is 0.0936. The van der Waals surface area contributed by atoms with Crippen LogP contribution in [-0.4, -0.2) is 38.1 Å². The molecule has 138 valence electrons. The Morgan fingerprint density at radius 1 is 1.12 bits per heavy atom. The largest absolute Gasteiger partial charge is 0.322 e. The zero-order valence-electron chi connectivity index (χ0n) is 15.5. The molecule has 2 aromatic carbocycles. The first kappa shape index (κ1) is 19.1. The maximum atomic E-state index is 12.7. The Labute approximate surface area is 164 Å². The molecule has 3 N–H and O–H groups in total. The summed E-state index contributed by atoms with van der Waals surface area (Å²) >= 11 is 3.54. The number of benzene rings is 2. The molecule has 1 aliphatic rings. The van der Waals surface area contributed by atoms with E-state index in [2.05, 4.69) is 51.6 Å². The van der Waals surface area contributed by atoms with E-state index in [0.717, 1.165) is 42.9 Å². The van der Waals surface area contributed by atoms with Crippen molar-refractivity contribution in [3.8, 4) is 0 Å². The molecule has 1 saturated heterocycles. The summed E-state index contributed by atoms with van der Waals surface area (Å²) < 4.78 is 0.935. The number of amides is 1. The van der Waals surface area contributed by atoms with Crippen LogP contribution >= 0.6 is 15.9 Å². The predicted octanol–water partition coefficient (Wildman–Crippen LogP) is 1.07. The lowest BCUT2D eigenvalue weighted by molar-refractivity contribution is -1.02. The first-order chi connectivity index (χ1) is 12.5. The second-order valence-electron chi connectivity index (χ2n) is 7.26. The number of aryl methyl sites for hydroxylation is 1. The molecule has 3 rings (SSSR count). The highest BCUT2D eigenvalue weighted by atomic mass is 79.9. The van der Waals surface area contributed by atoms with E-state index in [-0.39, 0.29) is 11.9 Å². The minimum absolute atomic E-state index is 0.0403. The maximum Gasteiger partial charge on any atom is 0.282 e. The molecule has 0 spiro atoms. The van der Waals surface area contributed by atoms with Crippen LogP contribution in [0.5, 0.6) is 0 Å². The minimum atomic E-state index is -0.0403. The molecule has 2 aromatic rings. The van der Waals surface area contributed by atoms with Crippen molar-refractivity contribution in [2.75, 3.05) is 31.5 Å². The second kappa shape index (κ2) is 8.80. The average Bonchev–Trinajstić information content (AvgIpc) is 2.65. The van der Waals surface area contributed by atoms with Crippen molar-refractivity contribution in [3.63, 3.8) is 0 Å². The number of anilines is 1. The van der Waals surface area contributed by atoms with E-state index in [9.17, 15) is 4.79 Å². The molecule has 0 bridgehead atoms. The summed E-state index contributed by atoms with van der Waals surface area (Å²) in [5.41, 5.74) is 3.41. The highest BCUT2D eigenvalue weighted by Gasteiger charge is 2.31.